The van der Waals surface area contributed by atoms with Crippen LogP contribution in [0.25, 0.3) is 0 Å². The third kappa shape index (κ3) is 2.76. The molecule has 0 radical (unpaired) electrons. The van der Waals surface area contributed by atoms with Crippen molar-refractivity contribution in [1.82, 2.24) is 0 Å². The average molecular weight is 264 g/mol. The van der Waals surface area contributed by atoms with Gasteiger partial charge in [-0.15, -0.1) is 0 Å². The van der Waals surface area contributed by atoms with E-state index >= 15 is 0 Å². The van der Waals surface area contributed by atoms with E-state index in [9.17, 15) is 0 Å². The van der Waals surface area contributed by atoms with E-state index in [-0.39, 0.29) is 0 Å². The first-order valence-electron chi connectivity index (χ1n) is 5.03. The van der Waals surface area contributed by atoms with Gasteiger partial charge in [-0.1, -0.05) is 29.3 Å². The molecule has 17 heavy (non-hydrogen) atoms. The zero-order chi connectivity index (χ0) is 12.3. The predicted molar refractivity (Wildman–Crippen MR) is 66.9 cm³/mol. The molecule has 0 bridgehead atoms. The summed E-state index contributed by atoms with van der Waals surface area (Å²) in [4.78, 5) is 0. The van der Waals surface area contributed by atoms with Gasteiger partial charge in [0.25, 0.3) is 0 Å². The second-order valence-electron chi connectivity index (χ2n) is 3.57. The molecule has 1 aromatic carbocycles. The van der Waals surface area contributed by atoms with Gasteiger partial charge < -0.3 is 0 Å². The lowest BCUT2D eigenvalue weighted by atomic mass is 10.2. The third-order valence-electron chi connectivity index (χ3n) is 2.42. The first-order chi connectivity index (χ1) is 8.20. The molecule has 0 atom stereocenters. The molecule has 0 unspecified atom stereocenters. The minimum Gasteiger partial charge on any atom is -0.201 e. The summed E-state index contributed by atoms with van der Waals surface area (Å²) in [5.41, 5.74) is 1.51. The number of aromatic nitrogens is 1. The van der Waals surface area contributed by atoms with Gasteiger partial charge in [-0.2, -0.15) is 5.26 Å². The molecule has 0 N–H and O–H groups in total. The Kier molecular flexibility index (Phi) is 3.63. The SMILES string of the molecule is N#Cc1cc[n+](Cc2c(Cl)cccc2Cl)cc1. The monoisotopic (exact) mass is 263 g/mol. The fraction of sp³-hybridized carbons (Fsp3) is 0.0769. The van der Waals surface area contributed by atoms with Crippen LogP contribution in [0.3, 0.4) is 0 Å². The molecule has 1 aromatic heterocycles. The Labute approximate surface area is 110 Å². The van der Waals surface area contributed by atoms with Crippen LogP contribution in [0.5, 0.6) is 0 Å². The molecule has 0 aliphatic rings. The fourth-order valence-electron chi connectivity index (χ4n) is 1.50. The fourth-order valence-corrected chi connectivity index (χ4v) is 2.02. The smallest absolute Gasteiger partial charge is 0.176 e. The molecular weight excluding hydrogens is 255 g/mol. The van der Waals surface area contributed by atoms with Crippen LogP contribution in [0.1, 0.15) is 11.1 Å². The van der Waals surface area contributed by atoms with Crippen molar-refractivity contribution in [3.63, 3.8) is 0 Å². The van der Waals surface area contributed by atoms with Gasteiger partial charge in [0.2, 0.25) is 0 Å². The minimum absolute atomic E-state index is 0.588. The molecule has 2 nitrogen and oxygen atoms in total. The molecule has 0 aliphatic carbocycles. The standard InChI is InChI=1S/C13H9Cl2N2/c14-12-2-1-3-13(15)11(12)9-17-6-4-10(8-16)5-7-17/h1-7H,9H2/q+1. The number of nitrogens with zero attached hydrogens (tertiary/aromatic N) is 2. The summed E-state index contributed by atoms with van der Waals surface area (Å²) in [6.07, 6.45) is 3.66. The summed E-state index contributed by atoms with van der Waals surface area (Å²) in [6, 6.07) is 11.0. The summed E-state index contributed by atoms with van der Waals surface area (Å²) < 4.78 is 1.92. The van der Waals surface area contributed by atoms with E-state index in [1.165, 1.54) is 0 Å². The maximum absolute atomic E-state index is 8.70. The first kappa shape index (κ1) is 11.9. The van der Waals surface area contributed by atoms with Crippen molar-refractivity contribution in [2.24, 2.45) is 0 Å². The van der Waals surface area contributed by atoms with Gasteiger partial charge >= 0.3 is 0 Å². The molecule has 0 amide bonds. The topological polar surface area (TPSA) is 27.7 Å². The molecule has 1 heterocycles. The molecule has 0 saturated carbocycles. The zero-order valence-electron chi connectivity index (χ0n) is 8.90. The van der Waals surface area contributed by atoms with Gasteiger partial charge in [-0.05, 0) is 12.1 Å². The molecular formula is C13H9Cl2N2+. The van der Waals surface area contributed by atoms with E-state index in [0.717, 1.165) is 5.56 Å². The van der Waals surface area contributed by atoms with Crippen LogP contribution in [-0.2, 0) is 6.54 Å². The second-order valence-corrected chi connectivity index (χ2v) is 4.39. The highest BCUT2D eigenvalue weighted by molar-refractivity contribution is 6.35. The molecule has 0 aliphatic heterocycles. The maximum atomic E-state index is 8.70. The molecule has 2 aromatic rings. The molecule has 0 fully saturated rings. The van der Waals surface area contributed by atoms with E-state index in [2.05, 4.69) is 6.07 Å². The van der Waals surface area contributed by atoms with Crippen molar-refractivity contribution in [3.05, 3.63) is 63.9 Å². The highest BCUT2D eigenvalue weighted by Crippen LogP contribution is 2.23. The Hall–Kier alpha value is -1.56. The lowest BCUT2D eigenvalue weighted by molar-refractivity contribution is -0.688. The second kappa shape index (κ2) is 5.18. The van der Waals surface area contributed by atoms with E-state index < -0.39 is 0 Å². The number of nitriles is 1. The van der Waals surface area contributed by atoms with E-state index in [1.807, 2.05) is 35.2 Å². The first-order valence-corrected chi connectivity index (χ1v) is 5.78. The summed E-state index contributed by atoms with van der Waals surface area (Å²) in [5, 5.41) is 10.0. The highest BCUT2D eigenvalue weighted by Gasteiger charge is 2.10. The lowest BCUT2D eigenvalue weighted by Crippen LogP contribution is -2.33. The number of benzene rings is 1. The normalized spacial score (nSPS) is 9.94. The molecule has 84 valence electrons. The van der Waals surface area contributed by atoms with E-state index in [0.29, 0.717) is 22.2 Å². The minimum atomic E-state index is 0.588. The van der Waals surface area contributed by atoms with Gasteiger partial charge in [0.15, 0.2) is 18.9 Å². The molecule has 4 heteroatoms. The van der Waals surface area contributed by atoms with Crippen molar-refractivity contribution < 1.29 is 4.57 Å². The molecule has 0 saturated heterocycles. The molecule has 2 rings (SSSR count). The van der Waals surface area contributed by atoms with Crippen LogP contribution in [-0.4, -0.2) is 0 Å². The zero-order valence-corrected chi connectivity index (χ0v) is 10.4. The predicted octanol–water partition coefficient (Wildman–Crippen LogP) is 3.20. The van der Waals surface area contributed by atoms with Crippen molar-refractivity contribution in [3.8, 4) is 6.07 Å². The summed E-state index contributed by atoms with van der Waals surface area (Å²) >= 11 is 12.2. The third-order valence-corrected chi connectivity index (χ3v) is 3.13. The van der Waals surface area contributed by atoms with Gasteiger partial charge in [0.05, 0.1) is 27.2 Å². The largest absolute Gasteiger partial charge is 0.201 e. The summed E-state index contributed by atoms with van der Waals surface area (Å²) in [6.45, 7) is 0.588. The Bertz CT molecular complexity index is 551. The van der Waals surface area contributed by atoms with Gasteiger partial charge in [-0.3, -0.25) is 0 Å². The summed E-state index contributed by atoms with van der Waals surface area (Å²) in [5.74, 6) is 0. The number of hydrogen-bond donors (Lipinski definition) is 0. The van der Waals surface area contributed by atoms with Gasteiger partial charge in [0, 0.05) is 12.1 Å². The van der Waals surface area contributed by atoms with Crippen LogP contribution in [0, 0.1) is 11.3 Å². The molecule has 0 spiro atoms. The number of halogens is 2. The maximum Gasteiger partial charge on any atom is 0.176 e. The van der Waals surface area contributed by atoms with E-state index in [4.69, 9.17) is 28.5 Å². The number of pyridine rings is 1. The van der Waals surface area contributed by atoms with Crippen molar-refractivity contribution in [1.29, 1.82) is 5.26 Å². The van der Waals surface area contributed by atoms with E-state index in [1.54, 1.807) is 12.1 Å². The van der Waals surface area contributed by atoms with Crippen LogP contribution < -0.4 is 4.57 Å². The van der Waals surface area contributed by atoms with Gasteiger partial charge in [0.1, 0.15) is 0 Å². The number of rotatable bonds is 2. The average Bonchev–Trinajstić information content (AvgIpc) is 2.35. The Balaban J connectivity index is 2.29. The van der Waals surface area contributed by atoms with Crippen LogP contribution in [0.2, 0.25) is 10.0 Å². The Morgan fingerprint density at radius 2 is 1.65 bits per heavy atom. The van der Waals surface area contributed by atoms with Crippen LogP contribution >= 0.6 is 23.2 Å². The summed E-state index contributed by atoms with van der Waals surface area (Å²) in [7, 11) is 0. The van der Waals surface area contributed by atoms with Crippen molar-refractivity contribution in [2.75, 3.05) is 0 Å². The van der Waals surface area contributed by atoms with Crippen LogP contribution in [0.15, 0.2) is 42.7 Å². The Morgan fingerprint density at radius 1 is 1.06 bits per heavy atom. The van der Waals surface area contributed by atoms with Crippen LogP contribution in [0.4, 0.5) is 0 Å². The number of hydrogen-bond acceptors (Lipinski definition) is 1. The Morgan fingerprint density at radius 3 is 2.18 bits per heavy atom. The van der Waals surface area contributed by atoms with Crippen molar-refractivity contribution >= 4 is 23.2 Å². The lowest BCUT2D eigenvalue weighted by Gasteiger charge is -2.03. The quantitative estimate of drug-likeness (QED) is 0.765. The highest BCUT2D eigenvalue weighted by atomic mass is 35.5. The van der Waals surface area contributed by atoms with Gasteiger partial charge in [-0.25, -0.2) is 4.57 Å². The van der Waals surface area contributed by atoms with Crippen molar-refractivity contribution in [2.45, 2.75) is 6.54 Å².